The van der Waals surface area contributed by atoms with Crippen LogP contribution in [0.4, 0.5) is 0 Å². The zero-order valence-electron chi connectivity index (χ0n) is 9.15. The fraction of sp³-hybridized carbons (Fsp3) is 0.538. The Bertz CT molecular complexity index is 412. The molecule has 0 fully saturated rings. The van der Waals surface area contributed by atoms with E-state index in [1.54, 1.807) is 0 Å². The number of aliphatic hydroxyl groups excluding tert-OH is 1. The van der Waals surface area contributed by atoms with E-state index >= 15 is 0 Å². The van der Waals surface area contributed by atoms with Crippen molar-refractivity contribution in [3.05, 3.63) is 28.8 Å². The van der Waals surface area contributed by atoms with Gasteiger partial charge in [-0.3, -0.25) is 0 Å². The molecule has 0 aromatic heterocycles. The third-order valence-corrected chi connectivity index (χ3v) is 3.68. The van der Waals surface area contributed by atoms with Gasteiger partial charge in [-0.1, -0.05) is 6.07 Å². The van der Waals surface area contributed by atoms with Gasteiger partial charge in [0.05, 0.1) is 6.61 Å². The average molecular weight is 220 g/mol. The second-order valence-electron chi connectivity index (χ2n) is 4.67. The van der Waals surface area contributed by atoms with E-state index in [2.05, 4.69) is 12.1 Å². The highest BCUT2D eigenvalue weighted by molar-refractivity contribution is 5.51. The third kappa shape index (κ3) is 1.51. The Morgan fingerprint density at radius 1 is 1.31 bits per heavy atom. The maximum Gasteiger partial charge on any atom is 0.152 e. The van der Waals surface area contributed by atoms with Crippen LogP contribution in [0.15, 0.2) is 12.1 Å². The lowest BCUT2D eigenvalue weighted by molar-refractivity contribution is -0.0497. The molecule has 1 aromatic carbocycles. The molecular weight excluding hydrogens is 204 g/mol. The fourth-order valence-electron chi connectivity index (χ4n) is 3.04. The van der Waals surface area contributed by atoms with Gasteiger partial charge in [0.25, 0.3) is 0 Å². The van der Waals surface area contributed by atoms with Crippen LogP contribution in [0.1, 0.15) is 35.4 Å². The van der Waals surface area contributed by atoms with Crippen molar-refractivity contribution in [1.29, 1.82) is 0 Å². The summed E-state index contributed by atoms with van der Waals surface area (Å²) in [5.74, 6) is 1.30. The van der Waals surface area contributed by atoms with Gasteiger partial charge in [-0.05, 0) is 36.0 Å². The van der Waals surface area contributed by atoms with Gasteiger partial charge in [-0.2, -0.15) is 0 Å². The van der Waals surface area contributed by atoms with Crippen molar-refractivity contribution in [3.8, 4) is 5.75 Å². The van der Waals surface area contributed by atoms with E-state index in [9.17, 15) is 0 Å². The third-order valence-electron chi connectivity index (χ3n) is 3.68. The number of ether oxygens (including phenoxy) is 1. The van der Waals surface area contributed by atoms with Crippen LogP contribution in [-0.2, 0) is 12.8 Å². The molecular formula is C13H16O3. The molecule has 0 bridgehead atoms. The molecule has 0 spiro atoms. The molecule has 16 heavy (non-hydrogen) atoms. The monoisotopic (exact) mass is 220 g/mol. The number of rotatable bonds is 2. The Labute approximate surface area is 94.7 Å². The van der Waals surface area contributed by atoms with Crippen LogP contribution in [0.3, 0.4) is 0 Å². The van der Waals surface area contributed by atoms with E-state index in [1.165, 1.54) is 16.7 Å². The molecule has 1 aliphatic heterocycles. The zero-order valence-corrected chi connectivity index (χ0v) is 9.15. The molecule has 86 valence electrons. The molecule has 3 rings (SSSR count). The summed E-state index contributed by atoms with van der Waals surface area (Å²) in [4.78, 5) is 0. The van der Waals surface area contributed by atoms with E-state index < -0.39 is 6.29 Å². The minimum Gasteiger partial charge on any atom is -0.493 e. The van der Waals surface area contributed by atoms with Crippen molar-refractivity contribution in [2.75, 3.05) is 6.61 Å². The van der Waals surface area contributed by atoms with Crippen molar-refractivity contribution >= 4 is 0 Å². The van der Waals surface area contributed by atoms with Gasteiger partial charge < -0.3 is 14.9 Å². The SMILES string of the molecule is OC(O)CC1CCc2ccc3c(c21)CCO3. The first kappa shape index (κ1) is 10.1. The van der Waals surface area contributed by atoms with Crippen molar-refractivity contribution in [3.63, 3.8) is 0 Å². The quantitative estimate of drug-likeness (QED) is 0.740. The van der Waals surface area contributed by atoms with E-state index in [0.29, 0.717) is 12.3 Å². The van der Waals surface area contributed by atoms with Gasteiger partial charge in [-0.15, -0.1) is 0 Å². The fourth-order valence-corrected chi connectivity index (χ4v) is 3.04. The van der Waals surface area contributed by atoms with E-state index in [1.807, 2.05) is 0 Å². The largest absolute Gasteiger partial charge is 0.493 e. The van der Waals surface area contributed by atoms with Crippen molar-refractivity contribution in [2.45, 2.75) is 37.9 Å². The Morgan fingerprint density at radius 3 is 3.00 bits per heavy atom. The molecule has 0 radical (unpaired) electrons. The summed E-state index contributed by atoms with van der Waals surface area (Å²) in [6.07, 6.45) is 2.30. The molecule has 3 heteroatoms. The number of benzene rings is 1. The van der Waals surface area contributed by atoms with Crippen LogP contribution in [0.2, 0.25) is 0 Å². The molecule has 0 saturated heterocycles. The Balaban J connectivity index is 2.00. The number of aryl methyl sites for hydroxylation is 1. The first-order chi connectivity index (χ1) is 7.75. The molecule has 1 heterocycles. The van der Waals surface area contributed by atoms with Gasteiger partial charge >= 0.3 is 0 Å². The lowest BCUT2D eigenvalue weighted by Gasteiger charge is -2.15. The second kappa shape index (κ2) is 3.75. The Hall–Kier alpha value is -1.06. The predicted molar refractivity (Wildman–Crippen MR) is 59.5 cm³/mol. The Morgan fingerprint density at radius 2 is 2.19 bits per heavy atom. The molecule has 3 nitrogen and oxygen atoms in total. The second-order valence-corrected chi connectivity index (χ2v) is 4.67. The van der Waals surface area contributed by atoms with Crippen LogP contribution >= 0.6 is 0 Å². The van der Waals surface area contributed by atoms with Gasteiger partial charge in [-0.25, -0.2) is 0 Å². The summed E-state index contributed by atoms with van der Waals surface area (Å²) in [6.45, 7) is 0.764. The van der Waals surface area contributed by atoms with Gasteiger partial charge in [0.1, 0.15) is 5.75 Å². The molecule has 1 aromatic rings. The molecule has 1 unspecified atom stereocenters. The van der Waals surface area contributed by atoms with Crippen LogP contribution in [0, 0.1) is 0 Å². The van der Waals surface area contributed by atoms with Gasteiger partial charge in [0.2, 0.25) is 0 Å². The topological polar surface area (TPSA) is 49.7 Å². The minimum absolute atomic E-state index is 0.298. The van der Waals surface area contributed by atoms with Crippen molar-refractivity contribution < 1.29 is 14.9 Å². The maximum absolute atomic E-state index is 9.11. The highest BCUT2D eigenvalue weighted by Crippen LogP contribution is 2.43. The van der Waals surface area contributed by atoms with Crippen molar-refractivity contribution in [2.24, 2.45) is 0 Å². The Kier molecular flexibility index (Phi) is 2.37. The van der Waals surface area contributed by atoms with Gasteiger partial charge in [0.15, 0.2) is 6.29 Å². The number of aliphatic hydroxyl groups is 2. The van der Waals surface area contributed by atoms with Crippen LogP contribution in [-0.4, -0.2) is 23.1 Å². The lowest BCUT2D eigenvalue weighted by Crippen LogP contribution is -2.10. The molecule has 1 aliphatic carbocycles. The summed E-state index contributed by atoms with van der Waals surface area (Å²) < 4.78 is 5.55. The average Bonchev–Trinajstić information content (AvgIpc) is 2.82. The number of hydrogen-bond acceptors (Lipinski definition) is 3. The smallest absolute Gasteiger partial charge is 0.152 e. The van der Waals surface area contributed by atoms with Crippen LogP contribution in [0.25, 0.3) is 0 Å². The normalized spacial score (nSPS) is 22.1. The highest BCUT2D eigenvalue weighted by atomic mass is 16.5. The summed E-state index contributed by atoms with van der Waals surface area (Å²) >= 11 is 0. The summed E-state index contributed by atoms with van der Waals surface area (Å²) in [6, 6.07) is 4.18. The van der Waals surface area contributed by atoms with Crippen LogP contribution < -0.4 is 4.74 Å². The first-order valence-electron chi connectivity index (χ1n) is 5.89. The summed E-state index contributed by atoms with van der Waals surface area (Å²) in [5.41, 5.74) is 4.01. The standard InChI is InChI=1S/C13H16O3/c14-12(15)7-9-2-1-8-3-4-11-10(13(8)9)5-6-16-11/h3-4,9,12,14-15H,1-2,5-7H2. The van der Waals surface area contributed by atoms with E-state index in [4.69, 9.17) is 14.9 Å². The van der Waals surface area contributed by atoms with Crippen LogP contribution in [0.5, 0.6) is 5.75 Å². The molecule has 2 N–H and O–H groups in total. The number of fused-ring (bicyclic) bond motifs is 3. The molecule has 0 saturated carbocycles. The van der Waals surface area contributed by atoms with Crippen molar-refractivity contribution in [1.82, 2.24) is 0 Å². The predicted octanol–water partition coefficient (Wildman–Crippen LogP) is 1.35. The lowest BCUT2D eigenvalue weighted by atomic mass is 9.92. The first-order valence-corrected chi connectivity index (χ1v) is 5.89. The maximum atomic E-state index is 9.11. The minimum atomic E-state index is -1.20. The molecule has 2 aliphatic rings. The summed E-state index contributed by atoms with van der Waals surface area (Å²) in [7, 11) is 0. The molecule has 1 atom stereocenters. The van der Waals surface area contributed by atoms with E-state index in [0.717, 1.165) is 31.6 Å². The van der Waals surface area contributed by atoms with E-state index in [-0.39, 0.29) is 0 Å². The summed E-state index contributed by atoms with van der Waals surface area (Å²) in [5, 5.41) is 18.2. The van der Waals surface area contributed by atoms with Gasteiger partial charge in [0, 0.05) is 18.4 Å². The zero-order chi connectivity index (χ0) is 11.1. The highest BCUT2D eigenvalue weighted by Gasteiger charge is 2.30. The number of hydrogen-bond donors (Lipinski definition) is 2. The molecule has 0 amide bonds.